The van der Waals surface area contributed by atoms with Crippen LogP contribution in [0.3, 0.4) is 0 Å². The van der Waals surface area contributed by atoms with Crippen LogP contribution < -0.4 is 4.90 Å². The summed E-state index contributed by atoms with van der Waals surface area (Å²) >= 11 is 6.48. The minimum absolute atomic E-state index is 0.0370. The van der Waals surface area contributed by atoms with Crippen molar-refractivity contribution in [3.8, 4) is 0 Å². The lowest BCUT2D eigenvalue weighted by molar-refractivity contribution is -0.383. The molecule has 2 saturated heterocycles. The van der Waals surface area contributed by atoms with Gasteiger partial charge in [-0.1, -0.05) is 41.9 Å². The van der Waals surface area contributed by atoms with E-state index in [0.29, 0.717) is 49.4 Å². The Labute approximate surface area is 287 Å². The molecule has 3 aromatic carbocycles. The van der Waals surface area contributed by atoms with Gasteiger partial charge in [-0.05, 0) is 87.2 Å². The van der Waals surface area contributed by atoms with Gasteiger partial charge in [0.05, 0.1) is 16.7 Å². The standard InChI is InChI=1S/C37H46ClN5O5/c1-4-41(36(45)24-29-11-13-35(43(47)48)33-9-6-5-8-32(29)33)30-16-20-39(21-17-30)18-7-19-42(31-12-10-26(2)34(38)25-31)37(46)28-14-22-40(23-15-28)27(3)44/h5-6,8-13,25,28,30H,4,7,14-24H2,1-3H3. The molecule has 0 saturated carbocycles. The summed E-state index contributed by atoms with van der Waals surface area (Å²) < 4.78 is 0. The van der Waals surface area contributed by atoms with E-state index in [2.05, 4.69) is 4.90 Å². The second kappa shape index (κ2) is 15.9. The van der Waals surface area contributed by atoms with Crippen molar-refractivity contribution in [3.05, 3.63) is 80.9 Å². The number of benzene rings is 3. The second-order valence-electron chi connectivity index (χ2n) is 13.0. The summed E-state index contributed by atoms with van der Waals surface area (Å²) in [7, 11) is 0. The van der Waals surface area contributed by atoms with Gasteiger partial charge in [0.1, 0.15) is 0 Å². The fraction of sp³-hybridized carbons (Fsp3) is 0.486. The number of carbonyl (C=O) groups is 3. The first-order valence-corrected chi connectivity index (χ1v) is 17.4. The highest BCUT2D eigenvalue weighted by atomic mass is 35.5. The van der Waals surface area contributed by atoms with Gasteiger partial charge in [0.25, 0.3) is 5.69 Å². The molecule has 0 aliphatic carbocycles. The minimum atomic E-state index is -0.381. The number of fused-ring (bicyclic) bond motifs is 1. The number of piperidine rings is 2. The van der Waals surface area contributed by atoms with E-state index in [9.17, 15) is 24.5 Å². The summed E-state index contributed by atoms with van der Waals surface area (Å²) in [6, 6.07) is 16.3. The van der Waals surface area contributed by atoms with Crippen LogP contribution in [0.5, 0.6) is 0 Å². The van der Waals surface area contributed by atoms with Crippen LogP contribution in [-0.4, -0.2) is 89.2 Å². The third-order valence-electron chi connectivity index (χ3n) is 10.1. The van der Waals surface area contributed by atoms with E-state index in [4.69, 9.17) is 11.6 Å². The van der Waals surface area contributed by atoms with Gasteiger partial charge in [0.15, 0.2) is 0 Å². The van der Waals surface area contributed by atoms with Crippen LogP contribution in [0, 0.1) is 23.0 Å². The summed E-state index contributed by atoms with van der Waals surface area (Å²) in [4.78, 5) is 58.4. The van der Waals surface area contributed by atoms with E-state index >= 15 is 0 Å². The zero-order chi connectivity index (χ0) is 34.4. The lowest BCUT2D eigenvalue weighted by atomic mass is 9.94. The molecule has 48 heavy (non-hydrogen) atoms. The number of hydrogen-bond acceptors (Lipinski definition) is 6. The van der Waals surface area contributed by atoms with Crippen molar-refractivity contribution in [3.63, 3.8) is 0 Å². The quantitative estimate of drug-likeness (QED) is 0.176. The predicted octanol–water partition coefficient (Wildman–Crippen LogP) is 6.25. The van der Waals surface area contributed by atoms with E-state index in [0.717, 1.165) is 61.1 Å². The Kier molecular flexibility index (Phi) is 11.7. The van der Waals surface area contributed by atoms with Gasteiger partial charge < -0.3 is 19.6 Å². The molecular formula is C37H46ClN5O5. The molecule has 2 fully saturated rings. The maximum absolute atomic E-state index is 13.8. The molecular weight excluding hydrogens is 630 g/mol. The Morgan fingerprint density at radius 2 is 1.65 bits per heavy atom. The second-order valence-corrected chi connectivity index (χ2v) is 13.4. The van der Waals surface area contributed by atoms with E-state index < -0.39 is 0 Å². The van der Waals surface area contributed by atoms with Gasteiger partial charge in [-0.15, -0.1) is 0 Å². The van der Waals surface area contributed by atoms with E-state index in [1.165, 1.54) is 6.07 Å². The largest absolute Gasteiger partial charge is 0.343 e. The van der Waals surface area contributed by atoms with Crippen molar-refractivity contribution in [2.75, 3.05) is 50.7 Å². The van der Waals surface area contributed by atoms with Crippen LogP contribution in [-0.2, 0) is 20.8 Å². The van der Waals surface area contributed by atoms with Crippen LogP contribution in [0.4, 0.5) is 11.4 Å². The van der Waals surface area contributed by atoms with Crippen molar-refractivity contribution in [1.82, 2.24) is 14.7 Å². The van der Waals surface area contributed by atoms with E-state index in [1.54, 1.807) is 25.1 Å². The Balaban J connectivity index is 1.17. The van der Waals surface area contributed by atoms with Crippen LogP contribution in [0.15, 0.2) is 54.6 Å². The number of hydrogen-bond donors (Lipinski definition) is 0. The molecule has 2 aliphatic heterocycles. The number of nitro benzene ring substituents is 1. The summed E-state index contributed by atoms with van der Waals surface area (Å²) in [5.74, 6) is 0.0547. The Hall–Kier alpha value is -4.02. The molecule has 256 valence electrons. The molecule has 2 heterocycles. The van der Waals surface area contributed by atoms with E-state index in [-0.39, 0.29) is 46.7 Å². The van der Waals surface area contributed by atoms with Gasteiger partial charge in [-0.3, -0.25) is 24.5 Å². The van der Waals surface area contributed by atoms with Crippen LogP contribution in [0.1, 0.15) is 57.1 Å². The number of carbonyl (C=O) groups excluding carboxylic acids is 3. The number of nitro groups is 1. The van der Waals surface area contributed by atoms with Gasteiger partial charge >= 0.3 is 0 Å². The zero-order valence-corrected chi connectivity index (χ0v) is 29.0. The van der Waals surface area contributed by atoms with Gasteiger partial charge in [-0.2, -0.15) is 0 Å². The number of anilines is 1. The lowest BCUT2D eigenvalue weighted by Gasteiger charge is -2.38. The molecule has 0 N–H and O–H groups in total. The number of nitrogens with zero attached hydrogens (tertiary/aromatic N) is 5. The molecule has 11 heteroatoms. The highest BCUT2D eigenvalue weighted by Crippen LogP contribution is 2.30. The average molecular weight is 676 g/mol. The van der Waals surface area contributed by atoms with Gasteiger partial charge in [0, 0.05) is 74.9 Å². The van der Waals surface area contributed by atoms with Crippen LogP contribution in [0.2, 0.25) is 5.02 Å². The molecule has 0 bridgehead atoms. The molecule has 0 unspecified atom stereocenters. The molecule has 0 atom stereocenters. The molecule has 0 radical (unpaired) electrons. The summed E-state index contributed by atoms with van der Waals surface area (Å²) in [6.45, 7) is 10.5. The molecule has 10 nitrogen and oxygen atoms in total. The number of aryl methyl sites for hydroxylation is 1. The third kappa shape index (κ3) is 8.15. The first-order chi connectivity index (χ1) is 23.1. The van der Waals surface area contributed by atoms with Crippen molar-refractivity contribution < 1.29 is 19.3 Å². The van der Waals surface area contributed by atoms with Gasteiger partial charge in [-0.25, -0.2) is 0 Å². The Morgan fingerprint density at radius 1 is 0.958 bits per heavy atom. The minimum Gasteiger partial charge on any atom is -0.343 e. The van der Waals surface area contributed by atoms with Crippen LogP contribution in [0.25, 0.3) is 10.8 Å². The molecule has 0 spiro atoms. The maximum atomic E-state index is 13.8. The molecule has 5 rings (SSSR count). The normalized spacial score (nSPS) is 16.2. The summed E-state index contributed by atoms with van der Waals surface area (Å²) in [5.41, 5.74) is 2.62. The Morgan fingerprint density at radius 3 is 2.27 bits per heavy atom. The lowest BCUT2D eigenvalue weighted by Crippen LogP contribution is -2.48. The average Bonchev–Trinajstić information content (AvgIpc) is 3.08. The molecule has 0 aromatic heterocycles. The number of likely N-dealkylation sites (N-methyl/N-ethyl adjacent to an activating group) is 1. The monoisotopic (exact) mass is 675 g/mol. The molecule has 2 aliphatic rings. The van der Waals surface area contributed by atoms with E-state index in [1.807, 2.05) is 58.9 Å². The van der Waals surface area contributed by atoms with Crippen molar-refractivity contribution in [1.29, 1.82) is 0 Å². The third-order valence-corrected chi connectivity index (χ3v) is 10.5. The van der Waals surface area contributed by atoms with Gasteiger partial charge in [0.2, 0.25) is 17.7 Å². The van der Waals surface area contributed by atoms with Crippen molar-refractivity contribution in [2.45, 2.75) is 65.3 Å². The highest BCUT2D eigenvalue weighted by molar-refractivity contribution is 6.31. The number of likely N-dealkylation sites (tertiary alicyclic amines) is 2. The van der Waals surface area contributed by atoms with Crippen molar-refractivity contribution in [2.24, 2.45) is 5.92 Å². The first kappa shape index (κ1) is 35.3. The maximum Gasteiger partial charge on any atom is 0.277 e. The zero-order valence-electron chi connectivity index (χ0n) is 28.2. The Bertz CT molecular complexity index is 1650. The van der Waals surface area contributed by atoms with Crippen LogP contribution >= 0.6 is 11.6 Å². The smallest absolute Gasteiger partial charge is 0.277 e. The topological polar surface area (TPSA) is 107 Å². The SMILES string of the molecule is CCN(C(=O)Cc1ccc([N+](=O)[O-])c2ccccc12)C1CCN(CCCN(C(=O)C2CCN(C(C)=O)CC2)c2ccc(C)c(Cl)c2)CC1. The fourth-order valence-electron chi connectivity index (χ4n) is 7.25. The molecule has 3 amide bonds. The highest BCUT2D eigenvalue weighted by Gasteiger charge is 2.31. The molecule has 3 aromatic rings. The summed E-state index contributed by atoms with van der Waals surface area (Å²) in [5, 5.41) is 13.5. The fourth-order valence-corrected chi connectivity index (χ4v) is 7.42. The predicted molar refractivity (Wildman–Crippen MR) is 189 cm³/mol. The number of halogens is 1. The number of amides is 3. The number of non-ortho nitro benzene ring substituents is 1. The van der Waals surface area contributed by atoms with Crippen molar-refractivity contribution >= 4 is 51.5 Å². The number of rotatable bonds is 11. The first-order valence-electron chi connectivity index (χ1n) is 17.1. The summed E-state index contributed by atoms with van der Waals surface area (Å²) in [6.07, 6.45) is 4.06.